The number of nitrogens with zero attached hydrogens (tertiary/aromatic N) is 3. The largest absolute Gasteiger partial charge is 0.369 e. The molecule has 0 amide bonds. The molecule has 0 bridgehead atoms. The number of aromatic nitrogens is 1. The minimum absolute atomic E-state index is 0.317. The highest BCUT2D eigenvalue weighted by Crippen LogP contribution is 2.37. The van der Waals surface area contributed by atoms with Gasteiger partial charge in [0.25, 0.3) is 0 Å². The topological polar surface area (TPSA) is 39.9 Å². The molecule has 0 radical (unpaired) electrons. The molecule has 0 saturated carbocycles. The van der Waals surface area contributed by atoms with Gasteiger partial charge in [0.15, 0.2) is 0 Å². The first kappa shape index (κ1) is 12.0. The summed E-state index contributed by atoms with van der Waals surface area (Å²) in [7, 11) is 0. The third-order valence-electron chi connectivity index (χ3n) is 3.86. The van der Waals surface area contributed by atoms with E-state index in [0.29, 0.717) is 11.0 Å². The average Bonchev–Trinajstić information content (AvgIpc) is 2.77. The number of hydrogen-bond acceptors (Lipinski definition) is 3. The monoisotopic (exact) mass is 251 g/mol. The van der Waals surface area contributed by atoms with Gasteiger partial charge in [-0.25, -0.2) is 0 Å². The maximum atomic E-state index is 9.35. The van der Waals surface area contributed by atoms with E-state index >= 15 is 0 Å². The molecule has 0 unspecified atom stereocenters. The molecular formula is C16H17N3. The van der Waals surface area contributed by atoms with Crippen LogP contribution in [-0.4, -0.2) is 18.1 Å². The van der Waals surface area contributed by atoms with Crippen LogP contribution in [-0.2, 0) is 0 Å². The molecule has 1 saturated heterocycles. The van der Waals surface area contributed by atoms with Crippen molar-refractivity contribution in [1.82, 2.24) is 4.98 Å². The number of rotatable bonds is 1. The third-order valence-corrected chi connectivity index (χ3v) is 3.86. The Morgan fingerprint density at radius 1 is 1.32 bits per heavy atom. The van der Waals surface area contributed by atoms with Crippen LogP contribution in [0.1, 0.15) is 25.8 Å². The number of anilines is 1. The van der Waals surface area contributed by atoms with Crippen LogP contribution in [0.15, 0.2) is 30.5 Å². The van der Waals surface area contributed by atoms with Crippen molar-refractivity contribution in [2.45, 2.75) is 20.3 Å². The first-order valence-electron chi connectivity index (χ1n) is 6.63. The summed E-state index contributed by atoms with van der Waals surface area (Å²) in [6.45, 7) is 6.57. The van der Waals surface area contributed by atoms with E-state index in [9.17, 15) is 5.26 Å². The van der Waals surface area contributed by atoms with Crippen molar-refractivity contribution < 1.29 is 0 Å². The summed E-state index contributed by atoms with van der Waals surface area (Å²) in [5.41, 5.74) is 3.01. The van der Waals surface area contributed by atoms with Crippen LogP contribution < -0.4 is 4.90 Å². The van der Waals surface area contributed by atoms with Gasteiger partial charge in [0.1, 0.15) is 6.07 Å². The summed E-state index contributed by atoms with van der Waals surface area (Å²) in [6, 6.07) is 10.3. The molecule has 1 aliphatic heterocycles. The number of benzene rings is 1. The Bertz CT molecular complexity index is 667. The van der Waals surface area contributed by atoms with Crippen LogP contribution in [0.25, 0.3) is 10.9 Å². The minimum Gasteiger partial charge on any atom is -0.369 e. The van der Waals surface area contributed by atoms with Gasteiger partial charge in [0, 0.05) is 24.7 Å². The fourth-order valence-electron chi connectivity index (χ4n) is 2.85. The maximum Gasteiger partial charge on any atom is 0.103 e. The number of para-hydroxylation sites is 1. The smallest absolute Gasteiger partial charge is 0.103 e. The van der Waals surface area contributed by atoms with Crippen LogP contribution in [0.3, 0.4) is 0 Å². The molecule has 0 aliphatic carbocycles. The van der Waals surface area contributed by atoms with Crippen molar-refractivity contribution in [1.29, 1.82) is 5.26 Å². The van der Waals surface area contributed by atoms with Gasteiger partial charge < -0.3 is 4.90 Å². The Morgan fingerprint density at radius 3 is 2.79 bits per heavy atom. The molecule has 0 atom stereocenters. The zero-order valence-corrected chi connectivity index (χ0v) is 11.3. The van der Waals surface area contributed by atoms with E-state index in [0.717, 1.165) is 36.1 Å². The summed E-state index contributed by atoms with van der Waals surface area (Å²) >= 11 is 0. The van der Waals surface area contributed by atoms with Crippen molar-refractivity contribution in [2.75, 3.05) is 18.0 Å². The Balaban J connectivity index is 2.19. The summed E-state index contributed by atoms with van der Waals surface area (Å²) in [4.78, 5) is 6.71. The molecule has 3 nitrogen and oxygen atoms in total. The Hall–Kier alpha value is -2.08. The number of pyridine rings is 1. The van der Waals surface area contributed by atoms with Crippen LogP contribution in [0.4, 0.5) is 5.69 Å². The molecule has 19 heavy (non-hydrogen) atoms. The Labute approximate surface area is 113 Å². The van der Waals surface area contributed by atoms with Crippen LogP contribution in [0.2, 0.25) is 0 Å². The minimum atomic E-state index is 0.317. The SMILES string of the molecule is CC1(C)CCN(c2c(C#N)cnc3ccccc23)C1. The second kappa shape index (κ2) is 4.24. The van der Waals surface area contributed by atoms with Gasteiger partial charge in [0.2, 0.25) is 0 Å². The second-order valence-corrected chi connectivity index (χ2v) is 5.99. The number of nitriles is 1. The van der Waals surface area contributed by atoms with Gasteiger partial charge in [-0.3, -0.25) is 4.98 Å². The number of hydrogen-bond donors (Lipinski definition) is 0. The van der Waals surface area contributed by atoms with E-state index in [-0.39, 0.29) is 0 Å². The molecule has 0 N–H and O–H groups in total. The average molecular weight is 251 g/mol. The predicted molar refractivity (Wildman–Crippen MR) is 77.1 cm³/mol. The van der Waals surface area contributed by atoms with Gasteiger partial charge in [-0.1, -0.05) is 32.0 Å². The fraction of sp³-hybridized carbons (Fsp3) is 0.375. The fourth-order valence-corrected chi connectivity index (χ4v) is 2.85. The van der Waals surface area contributed by atoms with Gasteiger partial charge in [-0.2, -0.15) is 5.26 Å². The van der Waals surface area contributed by atoms with Gasteiger partial charge in [-0.15, -0.1) is 0 Å². The van der Waals surface area contributed by atoms with Gasteiger partial charge in [-0.05, 0) is 17.9 Å². The van der Waals surface area contributed by atoms with E-state index < -0.39 is 0 Å². The molecule has 1 aromatic carbocycles. The third kappa shape index (κ3) is 2.04. The van der Waals surface area contributed by atoms with Crippen molar-refractivity contribution in [3.8, 4) is 6.07 Å². The zero-order valence-electron chi connectivity index (χ0n) is 11.3. The van der Waals surface area contributed by atoms with E-state index in [2.05, 4.69) is 35.9 Å². The lowest BCUT2D eigenvalue weighted by Crippen LogP contribution is -2.23. The van der Waals surface area contributed by atoms with E-state index in [1.165, 1.54) is 0 Å². The zero-order chi connectivity index (χ0) is 13.5. The molecule has 0 spiro atoms. The maximum absolute atomic E-state index is 9.35. The highest BCUT2D eigenvalue weighted by atomic mass is 15.2. The molecule has 1 aliphatic rings. The van der Waals surface area contributed by atoms with E-state index in [1.54, 1.807) is 6.20 Å². The van der Waals surface area contributed by atoms with E-state index in [1.807, 2.05) is 18.2 Å². The normalized spacial score (nSPS) is 17.6. The summed E-state index contributed by atoms with van der Waals surface area (Å²) in [5, 5.41) is 10.4. The lowest BCUT2D eigenvalue weighted by molar-refractivity contribution is 0.418. The Morgan fingerprint density at radius 2 is 2.11 bits per heavy atom. The lowest BCUT2D eigenvalue weighted by atomic mass is 9.93. The number of fused-ring (bicyclic) bond motifs is 1. The summed E-state index contributed by atoms with van der Waals surface area (Å²) in [5.74, 6) is 0. The molecule has 1 fully saturated rings. The highest BCUT2D eigenvalue weighted by Gasteiger charge is 2.31. The van der Waals surface area contributed by atoms with Crippen molar-refractivity contribution >= 4 is 16.6 Å². The molecular weight excluding hydrogens is 234 g/mol. The molecule has 3 heteroatoms. The molecule has 96 valence electrons. The summed E-state index contributed by atoms with van der Waals surface area (Å²) < 4.78 is 0. The standard InChI is InChI=1S/C16H17N3/c1-16(2)7-8-19(11-16)15-12(9-17)10-18-14-6-4-3-5-13(14)15/h3-6,10H,7-8,11H2,1-2H3. The lowest BCUT2D eigenvalue weighted by Gasteiger charge is -2.23. The molecule has 2 heterocycles. The van der Waals surface area contributed by atoms with Crippen molar-refractivity contribution in [3.05, 3.63) is 36.0 Å². The second-order valence-electron chi connectivity index (χ2n) is 5.99. The van der Waals surface area contributed by atoms with Crippen LogP contribution in [0.5, 0.6) is 0 Å². The molecule has 1 aromatic heterocycles. The first-order valence-corrected chi connectivity index (χ1v) is 6.63. The molecule has 2 aromatic rings. The quantitative estimate of drug-likeness (QED) is 0.780. The van der Waals surface area contributed by atoms with Crippen molar-refractivity contribution in [3.63, 3.8) is 0 Å². The summed E-state index contributed by atoms with van der Waals surface area (Å²) in [6.07, 6.45) is 2.86. The predicted octanol–water partition coefficient (Wildman–Crippen LogP) is 3.34. The first-order chi connectivity index (χ1) is 9.11. The van der Waals surface area contributed by atoms with Gasteiger partial charge >= 0.3 is 0 Å². The van der Waals surface area contributed by atoms with Crippen LogP contribution in [0, 0.1) is 16.7 Å². The highest BCUT2D eigenvalue weighted by molar-refractivity contribution is 5.94. The molecule has 3 rings (SSSR count). The van der Waals surface area contributed by atoms with Crippen molar-refractivity contribution in [2.24, 2.45) is 5.41 Å². The van der Waals surface area contributed by atoms with E-state index in [4.69, 9.17) is 0 Å². The Kier molecular flexibility index (Phi) is 2.67. The van der Waals surface area contributed by atoms with Gasteiger partial charge in [0.05, 0.1) is 16.8 Å². The van der Waals surface area contributed by atoms with Crippen LogP contribution >= 0.6 is 0 Å².